The molecule has 0 aromatic heterocycles. The van der Waals surface area contributed by atoms with Gasteiger partial charge in [-0.2, -0.15) is 0 Å². The number of fused-ring (bicyclic) bond motifs is 1. The average Bonchev–Trinajstić information content (AvgIpc) is 3.02. The lowest BCUT2D eigenvalue weighted by Gasteiger charge is -2.45. The van der Waals surface area contributed by atoms with Crippen LogP contribution in [0.5, 0.6) is 11.5 Å². The summed E-state index contributed by atoms with van der Waals surface area (Å²) in [7, 11) is 1.55. The molecule has 2 amide bonds. The molecule has 2 aliphatic heterocycles. The molecule has 33 heavy (non-hydrogen) atoms. The number of hydrogen-bond acceptors (Lipinski definition) is 6. The molecule has 0 aliphatic carbocycles. The highest BCUT2D eigenvalue weighted by molar-refractivity contribution is 8.01. The van der Waals surface area contributed by atoms with Gasteiger partial charge in [-0.25, -0.2) is 4.79 Å². The van der Waals surface area contributed by atoms with E-state index in [1.54, 1.807) is 19.2 Å². The number of ether oxygens (including phenoxy) is 2. The summed E-state index contributed by atoms with van der Waals surface area (Å²) in [5.74, 6) is -0.984. The third kappa shape index (κ3) is 4.39. The van der Waals surface area contributed by atoms with E-state index >= 15 is 0 Å². The second-order valence-corrected chi connectivity index (χ2v) is 11.2. The van der Waals surface area contributed by atoms with Gasteiger partial charge in [-0.1, -0.05) is 39.3 Å². The van der Waals surface area contributed by atoms with Crippen molar-refractivity contribution in [2.45, 2.75) is 81.7 Å². The van der Waals surface area contributed by atoms with E-state index in [0.717, 1.165) is 12.8 Å². The quantitative estimate of drug-likeness (QED) is 0.497. The first-order valence-corrected chi connectivity index (χ1v) is 12.2. The first kappa shape index (κ1) is 25.2. The fraction of sp³-hybridized carbons (Fsp3) is 0.625. The number of amides is 2. The van der Waals surface area contributed by atoms with Crippen LogP contribution in [0.2, 0.25) is 0 Å². The van der Waals surface area contributed by atoms with Crippen LogP contribution in [0.1, 0.15) is 53.9 Å². The number of aliphatic carboxylic acids is 1. The summed E-state index contributed by atoms with van der Waals surface area (Å²) in [6, 6.07) is 5.47. The van der Waals surface area contributed by atoms with Crippen LogP contribution < -0.4 is 14.8 Å². The molecule has 1 unspecified atom stereocenters. The van der Waals surface area contributed by atoms with Gasteiger partial charge >= 0.3 is 5.97 Å². The molecule has 0 saturated carbocycles. The number of benzene rings is 1. The lowest BCUT2D eigenvalue weighted by Crippen LogP contribution is -2.72. The van der Waals surface area contributed by atoms with Gasteiger partial charge in [0.1, 0.15) is 17.5 Å². The summed E-state index contributed by atoms with van der Waals surface area (Å²) in [6.45, 7) is 9.51. The molecule has 2 aliphatic rings. The molecule has 1 aromatic carbocycles. The van der Waals surface area contributed by atoms with Crippen molar-refractivity contribution in [2.75, 3.05) is 7.11 Å². The van der Waals surface area contributed by atoms with Gasteiger partial charge in [0.2, 0.25) is 5.91 Å². The molecule has 1 aromatic rings. The fourth-order valence-electron chi connectivity index (χ4n) is 4.63. The average molecular weight is 479 g/mol. The second kappa shape index (κ2) is 9.44. The Kier molecular flexibility index (Phi) is 7.21. The Morgan fingerprint density at radius 3 is 2.45 bits per heavy atom. The van der Waals surface area contributed by atoms with Crippen LogP contribution in [0.25, 0.3) is 0 Å². The molecule has 4 atom stereocenters. The van der Waals surface area contributed by atoms with E-state index in [1.165, 1.54) is 16.7 Å². The first-order valence-electron chi connectivity index (χ1n) is 11.4. The van der Waals surface area contributed by atoms with Gasteiger partial charge in [-0.05, 0) is 38.8 Å². The predicted octanol–water partition coefficient (Wildman–Crippen LogP) is 3.29. The zero-order chi connectivity index (χ0) is 24.6. The number of nitrogens with one attached hydrogen (secondary N) is 1. The van der Waals surface area contributed by atoms with E-state index in [-0.39, 0.29) is 17.7 Å². The third-order valence-corrected chi connectivity index (χ3v) is 8.11. The highest BCUT2D eigenvalue weighted by Gasteiger charge is 2.64. The molecule has 0 radical (unpaired) electrons. The van der Waals surface area contributed by atoms with Crippen LogP contribution in [0.3, 0.4) is 0 Å². The molecule has 0 spiro atoms. The number of carboxylic acid groups (broad SMARTS) is 1. The van der Waals surface area contributed by atoms with Crippen LogP contribution in [-0.4, -0.2) is 62.7 Å². The number of methoxy groups -OCH3 is 1. The number of para-hydroxylation sites is 2. The van der Waals surface area contributed by atoms with Crippen molar-refractivity contribution in [1.29, 1.82) is 0 Å². The van der Waals surface area contributed by atoms with Crippen molar-refractivity contribution in [3.05, 3.63) is 24.3 Å². The van der Waals surface area contributed by atoms with Crippen molar-refractivity contribution in [3.8, 4) is 11.5 Å². The van der Waals surface area contributed by atoms with E-state index in [1.807, 2.05) is 46.8 Å². The molecule has 9 heteroatoms. The second-order valence-electron chi connectivity index (χ2n) is 9.45. The van der Waals surface area contributed by atoms with Gasteiger partial charge in [0, 0.05) is 10.7 Å². The Morgan fingerprint density at radius 1 is 1.27 bits per heavy atom. The summed E-state index contributed by atoms with van der Waals surface area (Å²) in [4.78, 5) is 39.8. The van der Waals surface area contributed by atoms with Crippen molar-refractivity contribution >= 4 is 29.5 Å². The van der Waals surface area contributed by atoms with Crippen LogP contribution in [0, 0.1) is 5.92 Å². The lowest BCUT2D eigenvalue weighted by molar-refractivity contribution is -0.163. The number of unbranched alkanes of at least 4 members (excludes halogenated alkanes) is 1. The van der Waals surface area contributed by atoms with Crippen molar-refractivity contribution < 1.29 is 29.0 Å². The number of hydrogen-bond donors (Lipinski definition) is 2. The Balaban J connectivity index is 1.88. The number of rotatable bonds is 10. The normalized spacial score (nSPS) is 25.1. The molecular weight excluding hydrogens is 444 g/mol. The zero-order valence-electron chi connectivity index (χ0n) is 20.1. The number of thioether (sulfide) groups is 1. The van der Waals surface area contributed by atoms with Crippen molar-refractivity contribution in [3.63, 3.8) is 0 Å². The molecule has 2 saturated heterocycles. The van der Waals surface area contributed by atoms with Gasteiger partial charge in [0.15, 0.2) is 17.1 Å². The van der Waals surface area contributed by atoms with Gasteiger partial charge in [0.05, 0.1) is 7.11 Å². The Bertz CT molecular complexity index is 920. The van der Waals surface area contributed by atoms with Gasteiger partial charge in [0.25, 0.3) is 5.91 Å². The molecule has 3 rings (SSSR count). The Labute approximate surface area is 199 Å². The van der Waals surface area contributed by atoms with Crippen LogP contribution in [0.4, 0.5) is 0 Å². The minimum absolute atomic E-state index is 0.195. The SMILES string of the molecule is CCCCC(Oc1ccccc1OC)(C(=O)N[C@@H]1C(=O)N2[C@@H]1SC(C)(C)[C@@H]2C(=O)O)C(C)C. The van der Waals surface area contributed by atoms with Gasteiger partial charge in [-0.3, -0.25) is 9.59 Å². The van der Waals surface area contributed by atoms with Crippen molar-refractivity contribution in [2.24, 2.45) is 5.92 Å². The minimum atomic E-state index is -1.21. The van der Waals surface area contributed by atoms with Crippen molar-refractivity contribution in [1.82, 2.24) is 10.2 Å². The fourth-order valence-corrected chi connectivity index (χ4v) is 6.25. The molecule has 182 valence electrons. The number of carboxylic acids is 1. The number of carbonyl (C=O) groups excluding carboxylic acids is 2. The van der Waals surface area contributed by atoms with E-state index in [2.05, 4.69) is 5.32 Å². The standard InChI is InChI=1S/C24H34N2O6S/c1-7-8-13-24(14(2)3,32-16-12-10-9-11-15(16)31-6)22(30)25-17-19(27)26-18(21(28)29)23(4,5)33-20(17)26/h9-12,14,17-18,20H,7-8,13H2,1-6H3,(H,25,30)(H,28,29)/t17-,18+,20-,24?/m1/s1. The molecule has 2 N–H and O–H groups in total. The molecule has 0 bridgehead atoms. The Morgan fingerprint density at radius 2 is 1.91 bits per heavy atom. The summed E-state index contributed by atoms with van der Waals surface area (Å²) in [5.41, 5.74) is -1.21. The van der Waals surface area contributed by atoms with Gasteiger partial charge < -0.3 is 24.8 Å². The summed E-state index contributed by atoms with van der Waals surface area (Å²) < 4.78 is 11.2. The number of β-lactam (4-membered cyclic amide) rings is 1. The summed E-state index contributed by atoms with van der Waals surface area (Å²) in [6.07, 6.45) is 2.11. The predicted molar refractivity (Wildman–Crippen MR) is 126 cm³/mol. The summed E-state index contributed by atoms with van der Waals surface area (Å²) in [5, 5.41) is 12.1. The van der Waals surface area contributed by atoms with E-state index in [4.69, 9.17) is 9.47 Å². The van der Waals surface area contributed by atoms with Crippen LogP contribution in [0.15, 0.2) is 24.3 Å². The van der Waals surface area contributed by atoms with Gasteiger partial charge in [-0.15, -0.1) is 11.8 Å². The highest BCUT2D eigenvalue weighted by Crippen LogP contribution is 2.51. The lowest BCUT2D eigenvalue weighted by atomic mass is 9.83. The maximum absolute atomic E-state index is 13.8. The third-order valence-electron chi connectivity index (χ3n) is 6.54. The largest absolute Gasteiger partial charge is 0.493 e. The topological polar surface area (TPSA) is 105 Å². The monoisotopic (exact) mass is 478 g/mol. The van der Waals surface area contributed by atoms with Crippen LogP contribution >= 0.6 is 11.8 Å². The summed E-state index contributed by atoms with van der Waals surface area (Å²) >= 11 is 1.40. The Hall–Kier alpha value is -2.42. The number of carbonyl (C=O) groups is 3. The zero-order valence-corrected chi connectivity index (χ0v) is 20.9. The van der Waals surface area contributed by atoms with E-state index in [9.17, 15) is 19.5 Å². The smallest absolute Gasteiger partial charge is 0.327 e. The molecule has 2 heterocycles. The number of nitrogens with zero attached hydrogens (tertiary/aromatic N) is 1. The maximum atomic E-state index is 13.8. The molecule has 2 fully saturated rings. The maximum Gasteiger partial charge on any atom is 0.327 e. The minimum Gasteiger partial charge on any atom is -0.493 e. The first-order chi connectivity index (χ1) is 15.5. The van der Waals surface area contributed by atoms with Crippen LogP contribution in [-0.2, 0) is 14.4 Å². The van der Waals surface area contributed by atoms with E-state index < -0.39 is 33.8 Å². The molecule has 8 nitrogen and oxygen atoms in total. The highest BCUT2D eigenvalue weighted by atomic mass is 32.2. The molecular formula is C24H34N2O6S. The van der Waals surface area contributed by atoms with E-state index in [0.29, 0.717) is 17.9 Å².